The second-order valence-corrected chi connectivity index (χ2v) is 2.36. The Kier molecular flexibility index (Phi) is 3.42. The predicted molar refractivity (Wildman–Crippen MR) is 45.3 cm³/mol. The maximum atomic E-state index is 11.8. The zero-order valence-corrected chi connectivity index (χ0v) is 7.13. The smallest absolute Gasteiger partial charge is 0.255 e. The fourth-order valence-electron chi connectivity index (χ4n) is 0.787. The highest BCUT2D eigenvalue weighted by atomic mass is 19.3. The van der Waals surface area contributed by atoms with Crippen LogP contribution in [0.2, 0.25) is 0 Å². The highest BCUT2D eigenvalue weighted by molar-refractivity contribution is 5.37. The minimum absolute atomic E-state index is 0.390. The molecule has 5 heteroatoms. The second-order valence-electron chi connectivity index (χ2n) is 2.36. The Hall–Kier alpha value is -1.39. The number of hydrogen-bond acceptors (Lipinski definition) is 3. The molecule has 1 aromatic rings. The lowest BCUT2D eigenvalue weighted by Gasteiger charge is -2.04. The molecule has 72 valence electrons. The minimum Gasteiger partial charge on any atom is -0.495 e. The van der Waals surface area contributed by atoms with Crippen molar-refractivity contribution in [2.75, 3.05) is 19.0 Å². The number of hydrogen-bond donors (Lipinski definition) is 1. The predicted octanol–water partition coefficient (Wildman–Crippen LogP) is 1.77. The maximum Gasteiger partial charge on any atom is 0.255 e. The summed E-state index contributed by atoms with van der Waals surface area (Å²) in [5.41, 5.74) is 0. The van der Waals surface area contributed by atoms with Gasteiger partial charge in [-0.2, -0.15) is 0 Å². The van der Waals surface area contributed by atoms with Crippen molar-refractivity contribution in [2.24, 2.45) is 0 Å². The van der Waals surface area contributed by atoms with Crippen LogP contribution in [-0.2, 0) is 0 Å². The molecular weight excluding hydrogens is 178 g/mol. The number of nitrogens with zero attached hydrogens (tertiary/aromatic N) is 1. The van der Waals surface area contributed by atoms with Crippen LogP contribution in [-0.4, -0.2) is 25.1 Å². The van der Waals surface area contributed by atoms with Gasteiger partial charge in [0.25, 0.3) is 6.43 Å². The molecule has 0 aliphatic rings. The molecule has 1 aromatic heterocycles. The van der Waals surface area contributed by atoms with E-state index in [1.165, 1.54) is 13.3 Å². The van der Waals surface area contributed by atoms with Gasteiger partial charge in [-0.3, -0.25) is 0 Å². The fourth-order valence-corrected chi connectivity index (χ4v) is 0.787. The number of pyridine rings is 1. The molecule has 0 amide bonds. The molecule has 0 aromatic carbocycles. The van der Waals surface area contributed by atoms with Gasteiger partial charge in [0.1, 0.15) is 11.6 Å². The third-order valence-corrected chi connectivity index (χ3v) is 1.41. The lowest BCUT2D eigenvalue weighted by Crippen LogP contribution is -2.10. The number of anilines is 1. The van der Waals surface area contributed by atoms with Crippen molar-refractivity contribution in [1.29, 1.82) is 0 Å². The third-order valence-electron chi connectivity index (χ3n) is 1.41. The van der Waals surface area contributed by atoms with Crippen LogP contribution in [0, 0.1) is 0 Å². The van der Waals surface area contributed by atoms with Crippen molar-refractivity contribution >= 4 is 5.82 Å². The van der Waals surface area contributed by atoms with Crippen LogP contribution in [0.1, 0.15) is 0 Å². The van der Waals surface area contributed by atoms with Crippen molar-refractivity contribution in [1.82, 2.24) is 4.98 Å². The maximum absolute atomic E-state index is 11.8. The SMILES string of the molecule is COc1ccc(NCC(F)F)nc1. The van der Waals surface area contributed by atoms with Crippen molar-refractivity contribution in [2.45, 2.75) is 6.43 Å². The molecule has 1 rings (SSSR count). The van der Waals surface area contributed by atoms with E-state index in [1.54, 1.807) is 12.1 Å². The van der Waals surface area contributed by atoms with Crippen LogP contribution >= 0.6 is 0 Å². The van der Waals surface area contributed by atoms with Crippen molar-refractivity contribution in [3.05, 3.63) is 18.3 Å². The van der Waals surface area contributed by atoms with E-state index in [-0.39, 0.29) is 6.54 Å². The quantitative estimate of drug-likeness (QED) is 0.781. The van der Waals surface area contributed by atoms with E-state index < -0.39 is 6.43 Å². The average Bonchev–Trinajstić information content (AvgIpc) is 2.15. The number of alkyl halides is 2. The second kappa shape index (κ2) is 4.59. The molecule has 1 heterocycles. The number of aromatic nitrogens is 1. The molecule has 0 saturated heterocycles. The standard InChI is InChI=1S/C8H10F2N2O/c1-13-6-2-3-8(11-4-6)12-5-7(9)10/h2-4,7H,5H2,1H3,(H,11,12). The lowest BCUT2D eigenvalue weighted by molar-refractivity contribution is 0.163. The Labute approximate surface area is 74.7 Å². The number of nitrogens with one attached hydrogen (secondary N) is 1. The zero-order valence-electron chi connectivity index (χ0n) is 7.13. The van der Waals surface area contributed by atoms with E-state index in [9.17, 15) is 8.78 Å². The number of halogens is 2. The van der Waals surface area contributed by atoms with Crippen molar-refractivity contribution in [3.63, 3.8) is 0 Å². The molecule has 3 nitrogen and oxygen atoms in total. The van der Waals surface area contributed by atoms with E-state index in [1.807, 2.05) is 0 Å². The fraction of sp³-hybridized carbons (Fsp3) is 0.375. The molecule has 0 atom stereocenters. The van der Waals surface area contributed by atoms with Gasteiger partial charge in [0, 0.05) is 0 Å². The summed E-state index contributed by atoms with van der Waals surface area (Å²) < 4.78 is 28.4. The highest BCUT2D eigenvalue weighted by Gasteiger charge is 2.01. The van der Waals surface area contributed by atoms with E-state index in [2.05, 4.69) is 10.3 Å². The molecule has 0 unspecified atom stereocenters. The molecule has 0 fully saturated rings. The monoisotopic (exact) mass is 188 g/mol. The Bertz CT molecular complexity index is 251. The summed E-state index contributed by atoms with van der Waals surface area (Å²) in [7, 11) is 1.52. The first-order valence-electron chi connectivity index (χ1n) is 3.74. The van der Waals surface area contributed by atoms with Gasteiger partial charge >= 0.3 is 0 Å². The van der Waals surface area contributed by atoms with Gasteiger partial charge in [-0.15, -0.1) is 0 Å². The molecule has 0 saturated carbocycles. The van der Waals surface area contributed by atoms with Crippen LogP contribution in [0.15, 0.2) is 18.3 Å². The number of ether oxygens (including phenoxy) is 1. The third kappa shape index (κ3) is 3.23. The summed E-state index contributed by atoms with van der Waals surface area (Å²) in [5.74, 6) is 1.02. The van der Waals surface area contributed by atoms with Crippen LogP contribution in [0.25, 0.3) is 0 Å². The molecule has 13 heavy (non-hydrogen) atoms. The Morgan fingerprint density at radius 2 is 2.31 bits per heavy atom. The minimum atomic E-state index is -2.37. The van der Waals surface area contributed by atoms with Crippen molar-refractivity contribution in [3.8, 4) is 5.75 Å². The van der Waals surface area contributed by atoms with E-state index in [0.717, 1.165) is 0 Å². The summed E-state index contributed by atoms with van der Waals surface area (Å²) in [4.78, 5) is 3.85. The number of methoxy groups -OCH3 is 1. The largest absolute Gasteiger partial charge is 0.495 e. The van der Waals surface area contributed by atoms with Crippen LogP contribution in [0.3, 0.4) is 0 Å². The lowest BCUT2D eigenvalue weighted by atomic mass is 10.4. The van der Waals surface area contributed by atoms with E-state index in [0.29, 0.717) is 11.6 Å². The molecule has 0 aliphatic heterocycles. The molecule has 0 aliphatic carbocycles. The Morgan fingerprint density at radius 1 is 1.54 bits per heavy atom. The first-order valence-corrected chi connectivity index (χ1v) is 3.74. The van der Waals surface area contributed by atoms with Crippen LogP contribution < -0.4 is 10.1 Å². The molecular formula is C8H10F2N2O. The summed E-state index contributed by atoms with van der Waals surface area (Å²) in [6.07, 6.45) is -0.905. The van der Waals surface area contributed by atoms with Crippen LogP contribution in [0.4, 0.5) is 14.6 Å². The summed E-state index contributed by atoms with van der Waals surface area (Å²) in [6.45, 7) is -0.390. The summed E-state index contributed by atoms with van der Waals surface area (Å²) >= 11 is 0. The topological polar surface area (TPSA) is 34.1 Å². The van der Waals surface area contributed by atoms with Gasteiger partial charge in [0.2, 0.25) is 0 Å². The molecule has 0 spiro atoms. The van der Waals surface area contributed by atoms with E-state index in [4.69, 9.17) is 4.74 Å². The highest BCUT2D eigenvalue weighted by Crippen LogP contribution is 2.11. The summed E-state index contributed by atoms with van der Waals surface area (Å²) in [5, 5.41) is 2.48. The number of rotatable bonds is 4. The first kappa shape index (κ1) is 9.70. The van der Waals surface area contributed by atoms with Gasteiger partial charge in [-0.05, 0) is 12.1 Å². The van der Waals surface area contributed by atoms with Gasteiger partial charge < -0.3 is 10.1 Å². The Balaban J connectivity index is 2.49. The normalized spacial score (nSPS) is 10.2. The summed E-state index contributed by atoms with van der Waals surface area (Å²) in [6, 6.07) is 3.24. The van der Waals surface area contributed by atoms with Gasteiger partial charge in [0.05, 0.1) is 19.9 Å². The van der Waals surface area contributed by atoms with Gasteiger partial charge in [0.15, 0.2) is 0 Å². The van der Waals surface area contributed by atoms with E-state index >= 15 is 0 Å². The molecule has 0 radical (unpaired) electrons. The van der Waals surface area contributed by atoms with Crippen molar-refractivity contribution < 1.29 is 13.5 Å². The first-order chi connectivity index (χ1) is 6.22. The molecule has 0 bridgehead atoms. The van der Waals surface area contributed by atoms with Gasteiger partial charge in [-0.25, -0.2) is 13.8 Å². The van der Waals surface area contributed by atoms with Crippen LogP contribution in [0.5, 0.6) is 5.75 Å². The average molecular weight is 188 g/mol. The zero-order chi connectivity index (χ0) is 9.68. The molecule has 1 N–H and O–H groups in total. The Morgan fingerprint density at radius 3 is 2.77 bits per heavy atom. The van der Waals surface area contributed by atoms with Gasteiger partial charge in [-0.1, -0.05) is 0 Å².